The molecule has 0 spiro atoms. The van der Waals surface area contributed by atoms with Crippen LogP contribution >= 0.6 is 0 Å². The molecule has 0 heterocycles. The van der Waals surface area contributed by atoms with E-state index >= 15 is 0 Å². The summed E-state index contributed by atoms with van der Waals surface area (Å²) in [5.74, 6) is 0.766. The van der Waals surface area contributed by atoms with Gasteiger partial charge in [0.2, 0.25) is 0 Å². The van der Waals surface area contributed by atoms with Crippen molar-refractivity contribution in [3.63, 3.8) is 0 Å². The Hall–Kier alpha value is -1.71. The summed E-state index contributed by atoms with van der Waals surface area (Å²) in [6.07, 6.45) is 0.686. The van der Waals surface area contributed by atoms with Gasteiger partial charge in [0.05, 0.1) is 5.69 Å². The smallest absolute Gasteiger partial charge is 0.157 e. The van der Waals surface area contributed by atoms with E-state index in [9.17, 15) is 9.90 Å². The summed E-state index contributed by atoms with van der Waals surface area (Å²) in [5.41, 5.74) is 1.46. The molecule has 0 fully saturated rings. The van der Waals surface area contributed by atoms with Crippen LogP contribution < -0.4 is 10.1 Å². The lowest BCUT2D eigenvalue weighted by Crippen LogP contribution is -2.02. The van der Waals surface area contributed by atoms with Crippen molar-refractivity contribution < 1.29 is 14.6 Å². The molecule has 90 valence electrons. The van der Waals surface area contributed by atoms with Crippen LogP contribution in [0.5, 0.6) is 11.5 Å². The third-order valence-corrected chi connectivity index (χ3v) is 1.82. The predicted octanol–water partition coefficient (Wildman–Crippen LogP) is 2.35. The number of aryl methyl sites for hydroxylation is 1. The molecular formula is C12H19NO3. The molecule has 0 atom stereocenters. The number of rotatable bonds is 4. The first kappa shape index (κ1) is 14.3. The van der Waals surface area contributed by atoms with E-state index in [1.54, 1.807) is 26.1 Å². The largest absolute Gasteiger partial charge is 0.508 e. The van der Waals surface area contributed by atoms with Crippen LogP contribution in [-0.2, 0) is 4.79 Å². The number of aldehydes is 1. The third kappa shape index (κ3) is 3.81. The van der Waals surface area contributed by atoms with Crippen molar-refractivity contribution in [2.45, 2.75) is 20.8 Å². The Morgan fingerprint density at radius 2 is 2.06 bits per heavy atom. The van der Waals surface area contributed by atoms with Gasteiger partial charge in [0.15, 0.2) is 6.29 Å². The summed E-state index contributed by atoms with van der Waals surface area (Å²) in [7, 11) is 1.72. The fourth-order valence-corrected chi connectivity index (χ4v) is 1.25. The van der Waals surface area contributed by atoms with Gasteiger partial charge in [0.1, 0.15) is 18.1 Å². The summed E-state index contributed by atoms with van der Waals surface area (Å²) in [6.45, 7) is 5.82. The number of hydrogen-bond acceptors (Lipinski definition) is 4. The van der Waals surface area contributed by atoms with Gasteiger partial charge >= 0.3 is 0 Å². The molecule has 16 heavy (non-hydrogen) atoms. The highest BCUT2D eigenvalue weighted by molar-refractivity contribution is 5.64. The highest BCUT2D eigenvalue weighted by atomic mass is 16.5. The Bertz CT molecular complexity index is 337. The molecule has 0 aliphatic heterocycles. The number of benzene rings is 1. The van der Waals surface area contributed by atoms with E-state index in [4.69, 9.17) is 4.74 Å². The molecule has 0 aliphatic rings. The number of carbonyl (C=O) groups excluding carboxylic acids is 1. The molecule has 0 unspecified atom stereocenters. The first-order valence-corrected chi connectivity index (χ1v) is 5.27. The lowest BCUT2D eigenvalue weighted by molar-refractivity contribution is -0.109. The molecule has 0 amide bonds. The van der Waals surface area contributed by atoms with E-state index in [2.05, 4.69) is 5.32 Å². The van der Waals surface area contributed by atoms with Gasteiger partial charge in [-0.2, -0.15) is 0 Å². The van der Waals surface area contributed by atoms with E-state index in [-0.39, 0.29) is 12.4 Å². The van der Waals surface area contributed by atoms with Crippen LogP contribution in [0.1, 0.15) is 19.4 Å². The van der Waals surface area contributed by atoms with Gasteiger partial charge in [-0.25, -0.2) is 0 Å². The van der Waals surface area contributed by atoms with Gasteiger partial charge in [-0.15, -0.1) is 0 Å². The number of aromatic hydroxyl groups is 1. The van der Waals surface area contributed by atoms with Crippen molar-refractivity contribution >= 4 is 12.0 Å². The van der Waals surface area contributed by atoms with E-state index < -0.39 is 0 Å². The third-order valence-electron chi connectivity index (χ3n) is 1.82. The van der Waals surface area contributed by atoms with Crippen LogP contribution in [0.4, 0.5) is 5.69 Å². The average molecular weight is 225 g/mol. The summed E-state index contributed by atoms with van der Waals surface area (Å²) in [4.78, 5) is 10.2. The molecule has 4 nitrogen and oxygen atoms in total. The zero-order valence-corrected chi connectivity index (χ0v) is 10.2. The van der Waals surface area contributed by atoms with Crippen LogP contribution in [0.15, 0.2) is 12.1 Å². The normalized spacial score (nSPS) is 8.75. The van der Waals surface area contributed by atoms with Gasteiger partial charge in [0.25, 0.3) is 0 Å². The number of hydrogen-bond donors (Lipinski definition) is 2. The minimum atomic E-state index is 0.0142. The summed E-state index contributed by atoms with van der Waals surface area (Å²) < 4.78 is 5.22. The Morgan fingerprint density at radius 3 is 2.56 bits per heavy atom. The zero-order valence-electron chi connectivity index (χ0n) is 10.2. The minimum Gasteiger partial charge on any atom is -0.508 e. The molecular weight excluding hydrogens is 206 g/mol. The SMILES string of the molecule is CC.CNc1cc(O)cc(C)c1OCC=O. The molecule has 1 aromatic rings. The lowest BCUT2D eigenvalue weighted by Gasteiger charge is -2.12. The number of nitrogens with one attached hydrogen (secondary N) is 1. The van der Waals surface area contributed by atoms with Crippen molar-refractivity contribution in [1.29, 1.82) is 0 Å². The van der Waals surface area contributed by atoms with Crippen molar-refractivity contribution in [2.24, 2.45) is 0 Å². The van der Waals surface area contributed by atoms with E-state index in [0.29, 0.717) is 17.7 Å². The van der Waals surface area contributed by atoms with Crippen LogP contribution in [0, 0.1) is 6.92 Å². The first-order chi connectivity index (χ1) is 7.69. The Morgan fingerprint density at radius 1 is 1.44 bits per heavy atom. The lowest BCUT2D eigenvalue weighted by atomic mass is 10.2. The van der Waals surface area contributed by atoms with Crippen LogP contribution in [0.2, 0.25) is 0 Å². The zero-order chi connectivity index (χ0) is 12.6. The maximum atomic E-state index is 10.2. The fraction of sp³-hybridized carbons (Fsp3) is 0.417. The van der Waals surface area contributed by atoms with Gasteiger partial charge in [-0.1, -0.05) is 13.8 Å². The molecule has 0 aromatic heterocycles. The standard InChI is InChI=1S/C10H13NO3.C2H6/c1-7-5-8(13)6-9(11-2)10(7)14-4-3-12;1-2/h3,5-6,11,13H,4H2,1-2H3;1-2H3. The van der Waals surface area contributed by atoms with Crippen LogP contribution in [0.3, 0.4) is 0 Å². The van der Waals surface area contributed by atoms with E-state index in [1.165, 1.54) is 0 Å². The highest BCUT2D eigenvalue weighted by Crippen LogP contribution is 2.32. The quantitative estimate of drug-likeness (QED) is 0.772. The molecule has 0 saturated carbocycles. The number of phenols is 1. The molecule has 0 bridgehead atoms. The molecule has 0 saturated heterocycles. The Labute approximate surface area is 96.2 Å². The Balaban J connectivity index is 0.00000106. The van der Waals surface area contributed by atoms with Crippen molar-refractivity contribution in [1.82, 2.24) is 0 Å². The van der Waals surface area contributed by atoms with E-state index in [1.807, 2.05) is 13.8 Å². The second kappa shape index (κ2) is 7.56. The molecule has 0 aliphatic carbocycles. The number of anilines is 1. The summed E-state index contributed by atoms with van der Waals surface area (Å²) >= 11 is 0. The summed E-state index contributed by atoms with van der Waals surface area (Å²) in [5, 5.41) is 12.2. The molecule has 0 radical (unpaired) electrons. The minimum absolute atomic E-state index is 0.0142. The highest BCUT2D eigenvalue weighted by Gasteiger charge is 2.07. The maximum absolute atomic E-state index is 10.2. The van der Waals surface area contributed by atoms with Crippen molar-refractivity contribution in [3.8, 4) is 11.5 Å². The van der Waals surface area contributed by atoms with Gasteiger partial charge in [-0.3, -0.25) is 4.79 Å². The second-order valence-corrected chi connectivity index (χ2v) is 2.87. The fourth-order valence-electron chi connectivity index (χ4n) is 1.25. The molecule has 1 rings (SSSR count). The predicted molar refractivity (Wildman–Crippen MR) is 65.3 cm³/mol. The molecule has 4 heteroatoms. The number of carbonyl (C=O) groups is 1. The van der Waals surface area contributed by atoms with Crippen molar-refractivity contribution in [3.05, 3.63) is 17.7 Å². The van der Waals surface area contributed by atoms with Crippen LogP contribution in [-0.4, -0.2) is 25.0 Å². The topological polar surface area (TPSA) is 58.6 Å². The maximum Gasteiger partial charge on any atom is 0.157 e. The molecule has 2 N–H and O–H groups in total. The Kier molecular flexibility index (Phi) is 6.76. The monoisotopic (exact) mass is 225 g/mol. The van der Waals surface area contributed by atoms with Gasteiger partial charge in [-0.05, 0) is 18.6 Å². The van der Waals surface area contributed by atoms with Crippen molar-refractivity contribution in [2.75, 3.05) is 19.0 Å². The average Bonchev–Trinajstić information content (AvgIpc) is 2.29. The number of phenolic OH excluding ortho intramolecular Hbond substituents is 1. The first-order valence-electron chi connectivity index (χ1n) is 5.27. The number of ether oxygens (including phenoxy) is 1. The van der Waals surface area contributed by atoms with Gasteiger partial charge in [0, 0.05) is 13.1 Å². The van der Waals surface area contributed by atoms with Crippen LogP contribution in [0.25, 0.3) is 0 Å². The van der Waals surface area contributed by atoms with Gasteiger partial charge < -0.3 is 15.2 Å². The second-order valence-electron chi connectivity index (χ2n) is 2.87. The summed E-state index contributed by atoms with van der Waals surface area (Å²) in [6, 6.07) is 3.13. The molecule has 1 aromatic carbocycles. The van der Waals surface area contributed by atoms with E-state index in [0.717, 1.165) is 5.56 Å².